The minimum atomic E-state index is -4.51. The lowest BCUT2D eigenvalue weighted by molar-refractivity contribution is -0.140. The first-order valence-corrected chi connectivity index (χ1v) is 5.46. The summed E-state index contributed by atoms with van der Waals surface area (Å²) in [7, 11) is 1.16. The van der Waals surface area contributed by atoms with Gasteiger partial charge in [-0.1, -0.05) is 0 Å². The molecule has 2 heterocycles. The third-order valence-electron chi connectivity index (χ3n) is 2.05. The van der Waals surface area contributed by atoms with Crippen LogP contribution < -0.4 is 0 Å². The number of carbonyl (C=O) groups excluding carboxylic acids is 1. The number of aromatic nitrogens is 3. The summed E-state index contributed by atoms with van der Waals surface area (Å²) < 4.78 is 41.7. The van der Waals surface area contributed by atoms with Gasteiger partial charge in [0.15, 0.2) is 11.4 Å². The molecule has 5 nitrogen and oxygen atoms in total. The fourth-order valence-corrected chi connectivity index (χ4v) is 2.08. The van der Waals surface area contributed by atoms with Crippen LogP contribution >= 0.6 is 11.3 Å². The van der Waals surface area contributed by atoms with Crippen molar-refractivity contribution in [3.8, 4) is 10.6 Å². The van der Waals surface area contributed by atoms with Gasteiger partial charge in [-0.25, -0.2) is 9.78 Å². The zero-order valence-electron chi connectivity index (χ0n) is 8.91. The van der Waals surface area contributed by atoms with Crippen molar-refractivity contribution in [3.05, 3.63) is 23.0 Å². The number of esters is 1. The molecule has 0 spiro atoms. The lowest BCUT2D eigenvalue weighted by atomic mass is 10.2. The quantitative estimate of drug-likeness (QED) is 0.855. The lowest BCUT2D eigenvalue weighted by Gasteiger charge is -2.00. The van der Waals surface area contributed by atoms with E-state index in [2.05, 4.69) is 19.9 Å². The van der Waals surface area contributed by atoms with Crippen molar-refractivity contribution in [2.45, 2.75) is 6.18 Å². The molecule has 96 valence electrons. The van der Waals surface area contributed by atoms with Crippen LogP contribution in [0, 0.1) is 0 Å². The van der Waals surface area contributed by atoms with Gasteiger partial charge >= 0.3 is 12.1 Å². The summed E-state index contributed by atoms with van der Waals surface area (Å²) in [6.07, 6.45) is -3.28. The molecule has 18 heavy (non-hydrogen) atoms. The minimum absolute atomic E-state index is 0.0272. The largest absolute Gasteiger partial charge is 0.464 e. The molecular weight excluding hydrogens is 271 g/mol. The predicted molar refractivity (Wildman–Crippen MR) is 56.0 cm³/mol. The minimum Gasteiger partial charge on any atom is -0.464 e. The Morgan fingerprint density at radius 1 is 1.50 bits per heavy atom. The zero-order valence-corrected chi connectivity index (χ0v) is 9.72. The Morgan fingerprint density at radius 2 is 2.22 bits per heavy atom. The van der Waals surface area contributed by atoms with E-state index in [0.29, 0.717) is 0 Å². The molecule has 0 bridgehead atoms. The van der Waals surface area contributed by atoms with Gasteiger partial charge in [0.2, 0.25) is 0 Å². The van der Waals surface area contributed by atoms with Crippen LogP contribution in [0.5, 0.6) is 0 Å². The highest BCUT2D eigenvalue weighted by molar-refractivity contribution is 7.13. The summed E-state index contributed by atoms with van der Waals surface area (Å²) in [6, 6.07) is 0. The lowest BCUT2D eigenvalue weighted by Crippen LogP contribution is -2.06. The van der Waals surface area contributed by atoms with Crippen LogP contribution in [-0.4, -0.2) is 28.3 Å². The first-order valence-electron chi connectivity index (χ1n) is 4.58. The van der Waals surface area contributed by atoms with E-state index in [1.165, 1.54) is 6.20 Å². The van der Waals surface area contributed by atoms with Gasteiger partial charge in [0.05, 0.1) is 18.9 Å². The number of H-pyrrole nitrogens is 1. The molecule has 2 aromatic heterocycles. The van der Waals surface area contributed by atoms with Gasteiger partial charge in [-0.05, 0) is 0 Å². The number of carbonyl (C=O) groups is 1. The predicted octanol–water partition coefficient (Wildman–Crippen LogP) is 2.34. The first kappa shape index (κ1) is 12.6. The molecular formula is C9H6F3N3O2S. The van der Waals surface area contributed by atoms with E-state index in [4.69, 9.17) is 0 Å². The second-order valence-electron chi connectivity index (χ2n) is 3.19. The molecule has 0 amide bonds. The molecule has 1 N–H and O–H groups in total. The van der Waals surface area contributed by atoms with E-state index >= 15 is 0 Å². The molecule has 0 saturated heterocycles. The molecule has 0 unspecified atom stereocenters. The SMILES string of the molecule is COC(=O)c1[nH]ncc1-c1nc(C(F)(F)F)cs1. The summed E-state index contributed by atoms with van der Waals surface area (Å²) in [4.78, 5) is 14.8. The molecule has 0 saturated carbocycles. The fourth-order valence-electron chi connectivity index (χ4n) is 1.23. The Labute approximate surface area is 103 Å². The maximum absolute atomic E-state index is 12.4. The number of ether oxygens (including phenoxy) is 1. The average molecular weight is 277 g/mol. The van der Waals surface area contributed by atoms with Gasteiger partial charge in [0.1, 0.15) is 5.01 Å². The maximum Gasteiger partial charge on any atom is 0.434 e. The normalized spacial score (nSPS) is 11.6. The highest BCUT2D eigenvalue weighted by atomic mass is 32.1. The van der Waals surface area contributed by atoms with E-state index < -0.39 is 17.8 Å². The Hall–Kier alpha value is -1.90. The second kappa shape index (κ2) is 4.41. The summed E-state index contributed by atoms with van der Waals surface area (Å²) in [5.74, 6) is -0.716. The number of thiazole rings is 1. The Morgan fingerprint density at radius 3 is 2.78 bits per heavy atom. The van der Waals surface area contributed by atoms with Crippen molar-refractivity contribution in [3.63, 3.8) is 0 Å². The second-order valence-corrected chi connectivity index (χ2v) is 4.04. The van der Waals surface area contributed by atoms with Gasteiger partial charge in [0.25, 0.3) is 0 Å². The molecule has 2 aromatic rings. The monoisotopic (exact) mass is 277 g/mol. The van der Waals surface area contributed by atoms with Crippen LogP contribution in [0.3, 0.4) is 0 Å². The van der Waals surface area contributed by atoms with E-state index in [1.54, 1.807) is 0 Å². The van der Waals surface area contributed by atoms with Crippen LogP contribution in [0.25, 0.3) is 10.6 Å². The standard InChI is InChI=1S/C9H6F3N3O2S/c1-17-8(16)6-4(2-13-15-6)7-14-5(3-18-7)9(10,11)12/h2-3H,1H3,(H,13,15). The van der Waals surface area contributed by atoms with Gasteiger partial charge in [-0.2, -0.15) is 18.3 Å². The van der Waals surface area contributed by atoms with E-state index in [1.807, 2.05) is 0 Å². The van der Waals surface area contributed by atoms with Crippen molar-refractivity contribution in [2.75, 3.05) is 7.11 Å². The molecule has 9 heteroatoms. The number of rotatable bonds is 2. The van der Waals surface area contributed by atoms with E-state index in [9.17, 15) is 18.0 Å². The average Bonchev–Trinajstić information content (AvgIpc) is 2.94. The maximum atomic E-state index is 12.4. The molecule has 0 fully saturated rings. The number of methoxy groups -OCH3 is 1. The van der Waals surface area contributed by atoms with Crippen molar-refractivity contribution < 1.29 is 22.7 Å². The Bertz CT molecular complexity index is 576. The topological polar surface area (TPSA) is 67.9 Å². The molecule has 2 rings (SSSR count). The van der Waals surface area contributed by atoms with Crippen LogP contribution in [-0.2, 0) is 10.9 Å². The number of hydrogen-bond donors (Lipinski definition) is 1. The highest BCUT2D eigenvalue weighted by Gasteiger charge is 2.34. The number of alkyl halides is 3. The number of aromatic amines is 1. The van der Waals surface area contributed by atoms with Crippen molar-refractivity contribution >= 4 is 17.3 Å². The van der Waals surface area contributed by atoms with Crippen molar-refractivity contribution in [2.24, 2.45) is 0 Å². The molecule has 0 aromatic carbocycles. The molecule has 0 radical (unpaired) electrons. The van der Waals surface area contributed by atoms with Gasteiger partial charge in [0, 0.05) is 5.38 Å². The third kappa shape index (κ3) is 2.21. The summed E-state index contributed by atoms with van der Waals surface area (Å²) in [5.41, 5.74) is -0.845. The van der Waals surface area contributed by atoms with Crippen LogP contribution in [0.1, 0.15) is 16.2 Å². The van der Waals surface area contributed by atoms with Crippen LogP contribution in [0.4, 0.5) is 13.2 Å². The fraction of sp³-hybridized carbons (Fsp3) is 0.222. The van der Waals surface area contributed by atoms with Crippen molar-refractivity contribution in [1.29, 1.82) is 0 Å². The Kier molecular flexibility index (Phi) is 3.07. The van der Waals surface area contributed by atoms with Gasteiger partial charge in [-0.3, -0.25) is 5.10 Å². The van der Waals surface area contributed by atoms with Gasteiger partial charge < -0.3 is 4.74 Å². The smallest absolute Gasteiger partial charge is 0.434 e. The zero-order chi connectivity index (χ0) is 13.3. The molecule has 0 aliphatic rings. The number of halogens is 3. The van der Waals surface area contributed by atoms with E-state index in [0.717, 1.165) is 23.8 Å². The third-order valence-corrected chi connectivity index (χ3v) is 2.93. The highest BCUT2D eigenvalue weighted by Crippen LogP contribution is 2.34. The summed E-state index contributed by atoms with van der Waals surface area (Å²) in [6.45, 7) is 0. The number of nitrogens with one attached hydrogen (secondary N) is 1. The number of nitrogens with zero attached hydrogens (tertiary/aromatic N) is 2. The van der Waals surface area contributed by atoms with Crippen LogP contribution in [0.15, 0.2) is 11.6 Å². The Balaban J connectivity index is 2.41. The summed E-state index contributed by atoms with van der Waals surface area (Å²) in [5, 5.41) is 6.89. The first-order chi connectivity index (χ1) is 8.43. The van der Waals surface area contributed by atoms with Crippen molar-refractivity contribution in [1.82, 2.24) is 15.2 Å². The van der Waals surface area contributed by atoms with Gasteiger partial charge in [-0.15, -0.1) is 11.3 Å². The summed E-state index contributed by atoms with van der Waals surface area (Å²) >= 11 is 0.777. The molecule has 0 aliphatic carbocycles. The number of hydrogen-bond acceptors (Lipinski definition) is 5. The molecule has 0 atom stereocenters. The van der Waals surface area contributed by atoms with Crippen LogP contribution in [0.2, 0.25) is 0 Å². The van der Waals surface area contributed by atoms with E-state index in [-0.39, 0.29) is 16.3 Å². The molecule has 0 aliphatic heterocycles.